The smallest absolute Gasteiger partial charge is 0.339 e. The largest absolute Gasteiger partial charge is 0.478 e. The molecule has 82 valence electrons. The Balaban J connectivity index is 3.03. The van der Waals surface area contributed by atoms with Gasteiger partial charge in [-0.05, 0) is 12.7 Å². The maximum absolute atomic E-state index is 10.9. The van der Waals surface area contributed by atoms with E-state index in [-0.39, 0.29) is 5.56 Å². The molecule has 0 aliphatic carbocycles. The average Bonchev–Trinajstić information content (AvgIpc) is 2.18. The van der Waals surface area contributed by atoms with Crippen LogP contribution < -0.4 is 0 Å². The third-order valence-corrected chi connectivity index (χ3v) is 2.46. The van der Waals surface area contributed by atoms with Gasteiger partial charge in [-0.25, -0.2) is 14.8 Å². The Morgan fingerprint density at radius 1 is 1.60 bits per heavy atom. The molecule has 0 radical (unpaired) electrons. The summed E-state index contributed by atoms with van der Waals surface area (Å²) in [5.74, 6) is 0.474. The monoisotopic (exact) mass is 226 g/mol. The normalized spacial score (nSPS) is 10.3. The predicted octanol–water partition coefficient (Wildman–Crippen LogP) is 1.99. The van der Waals surface area contributed by atoms with E-state index < -0.39 is 5.97 Å². The Morgan fingerprint density at radius 3 is 2.87 bits per heavy atom. The Hall–Kier alpha value is -1.10. The number of rotatable bonds is 5. The predicted molar refractivity (Wildman–Crippen MR) is 60.2 cm³/mol. The van der Waals surface area contributed by atoms with Crippen molar-refractivity contribution in [2.75, 3.05) is 6.26 Å². The lowest BCUT2D eigenvalue weighted by Gasteiger charge is -2.05. The molecule has 0 aliphatic heterocycles. The number of carbonyl (C=O) groups is 1. The number of hydrogen-bond acceptors (Lipinski definition) is 4. The molecular formula is C10H14N2O2S. The highest BCUT2D eigenvalue weighted by molar-refractivity contribution is 7.97. The second-order valence-corrected chi connectivity index (χ2v) is 4.00. The van der Waals surface area contributed by atoms with Crippen LogP contribution in [-0.4, -0.2) is 27.3 Å². The van der Waals surface area contributed by atoms with Gasteiger partial charge in [0, 0.05) is 6.20 Å². The minimum atomic E-state index is -0.950. The average molecular weight is 226 g/mol. The molecule has 0 bridgehead atoms. The maximum atomic E-state index is 10.9. The summed E-state index contributed by atoms with van der Waals surface area (Å²) < 4.78 is 0. The van der Waals surface area contributed by atoms with Crippen molar-refractivity contribution in [1.82, 2.24) is 9.97 Å². The number of carboxylic acid groups (broad SMARTS) is 1. The van der Waals surface area contributed by atoms with Crippen molar-refractivity contribution in [2.45, 2.75) is 25.5 Å². The van der Waals surface area contributed by atoms with Crippen molar-refractivity contribution < 1.29 is 9.90 Å². The quantitative estimate of drug-likeness (QED) is 0.831. The number of aryl methyl sites for hydroxylation is 1. The van der Waals surface area contributed by atoms with E-state index in [0.29, 0.717) is 17.9 Å². The molecule has 15 heavy (non-hydrogen) atoms. The Morgan fingerprint density at radius 2 is 2.33 bits per heavy atom. The number of aromatic carboxylic acids is 1. The van der Waals surface area contributed by atoms with Crippen LogP contribution in [0.3, 0.4) is 0 Å². The molecule has 4 nitrogen and oxygen atoms in total. The highest BCUT2D eigenvalue weighted by atomic mass is 32.2. The molecule has 0 fully saturated rings. The first kappa shape index (κ1) is 12.0. The fraction of sp³-hybridized carbons (Fsp3) is 0.500. The van der Waals surface area contributed by atoms with Crippen LogP contribution in [0.4, 0.5) is 0 Å². The molecular weight excluding hydrogens is 212 g/mol. The second kappa shape index (κ2) is 5.70. The lowest BCUT2D eigenvalue weighted by Crippen LogP contribution is -2.08. The fourth-order valence-electron chi connectivity index (χ4n) is 1.26. The Kier molecular flexibility index (Phi) is 4.55. The lowest BCUT2D eigenvalue weighted by atomic mass is 10.1. The summed E-state index contributed by atoms with van der Waals surface area (Å²) in [5, 5.41) is 8.93. The lowest BCUT2D eigenvalue weighted by molar-refractivity contribution is 0.0694. The van der Waals surface area contributed by atoms with Crippen LogP contribution in [-0.2, 0) is 12.2 Å². The molecule has 1 aromatic rings. The zero-order valence-corrected chi connectivity index (χ0v) is 9.67. The number of nitrogens with zero attached hydrogens (tertiary/aromatic N) is 2. The van der Waals surface area contributed by atoms with Gasteiger partial charge in [-0.3, -0.25) is 0 Å². The van der Waals surface area contributed by atoms with Crippen LogP contribution in [0, 0.1) is 0 Å². The maximum Gasteiger partial charge on any atom is 0.339 e. The first-order valence-electron chi connectivity index (χ1n) is 4.76. The van der Waals surface area contributed by atoms with Crippen molar-refractivity contribution in [3.63, 3.8) is 0 Å². The minimum absolute atomic E-state index is 0.224. The number of hydrogen-bond donors (Lipinski definition) is 1. The molecule has 1 aromatic heterocycles. The summed E-state index contributed by atoms with van der Waals surface area (Å²) >= 11 is 1.62. The summed E-state index contributed by atoms with van der Waals surface area (Å²) in [7, 11) is 0. The molecule has 1 N–H and O–H groups in total. The van der Waals surface area contributed by atoms with Crippen molar-refractivity contribution in [1.29, 1.82) is 0 Å². The molecule has 0 amide bonds. The van der Waals surface area contributed by atoms with Crippen LogP contribution in [0.25, 0.3) is 0 Å². The molecule has 0 spiro atoms. The molecule has 0 saturated carbocycles. The summed E-state index contributed by atoms with van der Waals surface area (Å²) in [5.41, 5.74) is 0.866. The van der Waals surface area contributed by atoms with E-state index in [4.69, 9.17) is 5.11 Å². The molecule has 5 heteroatoms. The van der Waals surface area contributed by atoms with Gasteiger partial charge in [-0.15, -0.1) is 0 Å². The Bertz CT molecular complexity index is 355. The molecule has 0 aromatic carbocycles. The zero-order valence-electron chi connectivity index (χ0n) is 8.86. The molecule has 0 atom stereocenters. The second-order valence-electron chi connectivity index (χ2n) is 3.13. The minimum Gasteiger partial charge on any atom is -0.478 e. The Labute approximate surface area is 93.1 Å². The highest BCUT2D eigenvalue weighted by Crippen LogP contribution is 2.11. The number of thioether (sulfide) groups is 1. The van der Waals surface area contributed by atoms with Gasteiger partial charge in [0.2, 0.25) is 0 Å². The first-order chi connectivity index (χ1) is 7.19. The summed E-state index contributed by atoms with van der Waals surface area (Å²) in [4.78, 5) is 19.2. The molecule has 0 saturated heterocycles. The van der Waals surface area contributed by atoms with E-state index in [0.717, 1.165) is 12.2 Å². The van der Waals surface area contributed by atoms with Gasteiger partial charge < -0.3 is 5.11 Å². The van der Waals surface area contributed by atoms with Crippen molar-refractivity contribution >= 4 is 17.7 Å². The van der Waals surface area contributed by atoms with Gasteiger partial charge in [0.15, 0.2) is 0 Å². The highest BCUT2D eigenvalue weighted by Gasteiger charge is 2.12. The van der Waals surface area contributed by atoms with Gasteiger partial charge >= 0.3 is 5.97 Å². The SMILES string of the molecule is CCCc1nc(CSC)ncc1C(=O)O. The van der Waals surface area contributed by atoms with Crippen molar-refractivity contribution in [3.8, 4) is 0 Å². The van der Waals surface area contributed by atoms with Gasteiger partial charge in [-0.2, -0.15) is 11.8 Å². The van der Waals surface area contributed by atoms with E-state index in [9.17, 15) is 4.79 Å². The molecule has 0 aliphatic rings. The summed E-state index contributed by atoms with van der Waals surface area (Å²) in [6.07, 6.45) is 4.95. The zero-order chi connectivity index (χ0) is 11.3. The van der Waals surface area contributed by atoms with E-state index in [2.05, 4.69) is 9.97 Å². The number of aromatic nitrogens is 2. The van der Waals surface area contributed by atoms with Gasteiger partial charge in [0.1, 0.15) is 5.82 Å². The summed E-state index contributed by atoms with van der Waals surface area (Å²) in [6, 6.07) is 0. The third-order valence-electron chi connectivity index (χ3n) is 1.91. The van der Waals surface area contributed by atoms with Crippen LogP contribution in [0.5, 0.6) is 0 Å². The standard InChI is InChI=1S/C10H14N2O2S/c1-3-4-8-7(10(13)14)5-11-9(12-8)6-15-2/h5H,3-4,6H2,1-2H3,(H,13,14). The van der Waals surface area contributed by atoms with Crippen LogP contribution in [0.15, 0.2) is 6.20 Å². The fourth-order valence-corrected chi connectivity index (χ4v) is 1.66. The van der Waals surface area contributed by atoms with Crippen molar-refractivity contribution in [2.24, 2.45) is 0 Å². The third kappa shape index (κ3) is 3.20. The number of carboxylic acids is 1. The van der Waals surface area contributed by atoms with Gasteiger partial charge in [0.05, 0.1) is 17.0 Å². The first-order valence-corrected chi connectivity index (χ1v) is 6.15. The van der Waals surface area contributed by atoms with Gasteiger partial charge in [-0.1, -0.05) is 13.3 Å². The molecule has 1 rings (SSSR count). The van der Waals surface area contributed by atoms with E-state index in [1.807, 2.05) is 13.2 Å². The van der Waals surface area contributed by atoms with E-state index in [1.165, 1.54) is 6.20 Å². The van der Waals surface area contributed by atoms with Crippen LogP contribution >= 0.6 is 11.8 Å². The topological polar surface area (TPSA) is 63.1 Å². The van der Waals surface area contributed by atoms with E-state index in [1.54, 1.807) is 11.8 Å². The summed E-state index contributed by atoms with van der Waals surface area (Å²) in [6.45, 7) is 2.00. The van der Waals surface area contributed by atoms with Crippen LogP contribution in [0.1, 0.15) is 35.2 Å². The molecule has 0 unspecified atom stereocenters. The van der Waals surface area contributed by atoms with Crippen molar-refractivity contribution in [3.05, 3.63) is 23.3 Å². The van der Waals surface area contributed by atoms with Crippen LogP contribution in [0.2, 0.25) is 0 Å². The van der Waals surface area contributed by atoms with Gasteiger partial charge in [0.25, 0.3) is 0 Å². The van der Waals surface area contributed by atoms with E-state index >= 15 is 0 Å². The molecule has 1 heterocycles.